The van der Waals surface area contributed by atoms with E-state index in [2.05, 4.69) is 25.3 Å². The van der Waals surface area contributed by atoms with Gasteiger partial charge in [-0.3, -0.25) is 14.9 Å². The highest BCUT2D eigenvalue weighted by Gasteiger charge is 2.49. The molecule has 3 amide bonds. The lowest BCUT2D eigenvalue weighted by Gasteiger charge is -2.45. The number of nitrogens with one attached hydrogen (secondary N) is 3. The van der Waals surface area contributed by atoms with Gasteiger partial charge in [0.2, 0.25) is 5.91 Å². The van der Waals surface area contributed by atoms with Crippen molar-refractivity contribution in [3.8, 4) is 11.4 Å². The number of aromatic amines is 1. The number of carbonyl (C=O) groups excluding carboxylic acids is 3. The van der Waals surface area contributed by atoms with Gasteiger partial charge in [-0.05, 0) is 42.7 Å². The highest BCUT2D eigenvalue weighted by molar-refractivity contribution is 6.31. The second-order valence-corrected chi connectivity index (χ2v) is 10.8. The quantitative estimate of drug-likeness (QED) is 0.298. The van der Waals surface area contributed by atoms with E-state index in [1.165, 1.54) is 29.2 Å². The molecule has 0 unspecified atom stereocenters. The van der Waals surface area contributed by atoms with E-state index < -0.39 is 41.1 Å². The summed E-state index contributed by atoms with van der Waals surface area (Å²) in [5.41, 5.74) is 0.499. The minimum absolute atomic E-state index is 0.0919. The highest BCUT2D eigenvalue weighted by Crippen LogP contribution is 2.45. The molecule has 2 aliphatic rings. The summed E-state index contributed by atoms with van der Waals surface area (Å²) in [6.07, 6.45) is 0.136. The number of anilines is 1. The number of H-pyrrole nitrogens is 1. The van der Waals surface area contributed by atoms with Crippen molar-refractivity contribution in [3.05, 3.63) is 105 Å². The monoisotopic (exact) mass is 605 g/mol. The Labute approximate surface area is 249 Å². The molecule has 0 aliphatic carbocycles. The SMILES string of the molecule is O=C1Nc2ccc(Cl)c(F)c2[C@@]2(CCCN(C(=O)[C@H](Cc3ccccc3)NC(=O)c3ccc(-c4nc(=O)o[nH]4)cc3)C2)O1. The number of piperidine rings is 1. The summed E-state index contributed by atoms with van der Waals surface area (Å²) < 4.78 is 25.7. The van der Waals surface area contributed by atoms with Gasteiger partial charge in [0.15, 0.2) is 17.2 Å². The first-order valence-corrected chi connectivity index (χ1v) is 13.9. The van der Waals surface area contributed by atoms with Gasteiger partial charge in [-0.2, -0.15) is 10.1 Å². The van der Waals surface area contributed by atoms with E-state index in [1.807, 2.05) is 30.3 Å². The molecular formula is C30H25ClFN5O6. The molecule has 43 heavy (non-hydrogen) atoms. The smallest absolute Gasteiger partial charge is 0.436 e. The number of hydrogen-bond donors (Lipinski definition) is 3. The van der Waals surface area contributed by atoms with Gasteiger partial charge in [0.25, 0.3) is 5.91 Å². The average molecular weight is 606 g/mol. The largest absolute Gasteiger partial charge is 0.460 e. The third kappa shape index (κ3) is 5.61. The zero-order valence-corrected chi connectivity index (χ0v) is 23.3. The van der Waals surface area contributed by atoms with Crippen molar-refractivity contribution in [3.63, 3.8) is 0 Å². The lowest BCUT2D eigenvalue weighted by atomic mass is 9.82. The number of amides is 3. The molecule has 1 saturated heterocycles. The van der Waals surface area contributed by atoms with E-state index in [1.54, 1.807) is 12.1 Å². The van der Waals surface area contributed by atoms with E-state index in [0.29, 0.717) is 18.5 Å². The van der Waals surface area contributed by atoms with Gasteiger partial charge >= 0.3 is 11.8 Å². The van der Waals surface area contributed by atoms with Crippen molar-refractivity contribution >= 4 is 35.2 Å². The maximum atomic E-state index is 15.4. The molecule has 220 valence electrons. The summed E-state index contributed by atoms with van der Waals surface area (Å²) in [7, 11) is 0. The van der Waals surface area contributed by atoms with Crippen LogP contribution in [-0.4, -0.2) is 52.1 Å². The van der Waals surface area contributed by atoms with Crippen molar-refractivity contribution in [1.29, 1.82) is 0 Å². The molecule has 11 nitrogen and oxygen atoms in total. The minimum atomic E-state index is -1.44. The molecule has 2 atom stereocenters. The third-order valence-electron chi connectivity index (χ3n) is 7.59. The van der Waals surface area contributed by atoms with E-state index in [0.717, 1.165) is 5.56 Å². The molecule has 1 fully saturated rings. The Kier molecular flexibility index (Phi) is 7.45. The third-order valence-corrected chi connectivity index (χ3v) is 7.88. The number of halogens is 2. The van der Waals surface area contributed by atoms with E-state index >= 15 is 4.39 Å². The predicted octanol–water partition coefficient (Wildman–Crippen LogP) is 4.24. The van der Waals surface area contributed by atoms with Crippen molar-refractivity contribution in [2.24, 2.45) is 0 Å². The summed E-state index contributed by atoms with van der Waals surface area (Å²) >= 11 is 6.09. The number of rotatable bonds is 6. The number of fused-ring (bicyclic) bond motifs is 2. The van der Waals surface area contributed by atoms with Crippen molar-refractivity contribution in [2.75, 3.05) is 18.4 Å². The van der Waals surface area contributed by atoms with E-state index in [4.69, 9.17) is 16.3 Å². The van der Waals surface area contributed by atoms with E-state index in [-0.39, 0.29) is 47.0 Å². The molecule has 13 heteroatoms. The Balaban J connectivity index is 1.27. The molecule has 3 heterocycles. The summed E-state index contributed by atoms with van der Waals surface area (Å²) in [6.45, 7) is 0.199. The van der Waals surface area contributed by atoms with Gasteiger partial charge in [-0.25, -0.2) is 14.0 Å². The predicted molar refractivity (Wildman–Crippen MR) is 153 cm³/mol. The summed E-state index contributed by atoms with van der Waals surface area (Å²) in [5.74, 6) is -2.19. The molecule has 3 N–H and O–H groups in total. The van der Waals surface area contributed by atoms with Crippen LogP contribution >= 0.6 is 11.6 Å². The van der Waals surface area contributed by atoms with Gasteiger partial charge in [-0.1, -0.05) is 54.1 Å². The standard InChI is InChI=1S/C30H25ClFN5O6/c31-20-11-12-21-23(24(20)32)30(42-28(40)34-21)13-4-14-37(16-30)27(39)22(15-17-5-2-1-3-6-17)33-26(38)19-9-7-18(8-10-19)25-35-29(41)43-36-25/h1-3,5-12,22H,4,13-16H2,(H,33,38)(H,34,40)(H,35,36,41)/t22-,30-/m0/s1. The van der Waals surface area contributed by atoms with Crippen LogP contribution in [0, 0.1) is 5.82 Å². The molecule has 6 rings (SSSR count). The highest BCUT2D eigenvalue weighted by atomic mass is 35.5. The first kappa shape index (κ1) is 28.2. The molecule has 2 aliphatic heterocycles. The van der Waals surface area contributed by atoms with Crippen molar-refractivity contribution < 1.29 is 28.0 Å². The first-order valence-electron chi connectivity index (χ1n) is 13.5. The number of likely N-dealkylation sites (tertiary alicyclic amines) is 1. The summed E-state index contributed by atoms with van der Waals surface area (Å²) in [6, 6.07) is 17.3. The van der Waals surface area contributed by atoms with Crippen molar-refractivity contribution in [1.82, 2.24) is 20.4 Å². The van der Waals surface area contributed by atoms with Crippen LogP contribution in [0.25, 0.3) is 11.4 Å². The van der Waals surface area contributed by atoms with Crippen LogP contribution < -0.4 is 16.4 Å². The van der Waals surface area contributed by atoms with Crippen molar-refractivity contribution in [2.45, 2.75) is 30.9 Å². The second-order valence-electron chi connectivity index (χ2n) is 10.4. The Bertz CT molecular complexity index is 1760. The maximum Gasteiger partial charge on any atom is 0.460 e. The number of carbonyl (C=O) groups is 3. The molecule has 0 bridgehead atoms. The molecule has 0 radical (unpaired) electrons. The number of ether oxygens (including phenoxy) is 1. The minimum Gasteiger partial charge on any atom is -0.436 e. The fraction of sp³-hybridized carbons (Fsp3) is 0.233. The van der Waals surface area contributed by atoms with Crippen LogP contribution in [-0.2, 0) is 21.6 Å². The zero-order valence-electron chi connectivity index (χ0n) is 22.6. The molecule has 4 aromatic rings. The molecule has 1 aromatic heterocycles. The molecular weight excluding hydrogens is 581 g/mol. The Morgan fingerprint density at radius 2 is 1.86 bits per heavy atom. The Hall–Kier alpha value is -4.97. The fourth-order valence-corrected chi connectivity index (χ4v) is 5.76. The van der Waals surface area contributed by atoms with Crippen LogP contribution in [0.1, 0.15) is 34.3 Å². The van der Waals surface area contributed by atoms with Crippen LogP contribution in [0.3, 0.4) is 0 Å². The fourth-order valence-electron chi connectivity index (χ4n) is 5.61. The molecule has 0 saturated carbocycles. The Morgan fingerprint density at radius 3 is 2.58 bits per heavy atom. The number of benzene rings is 3. The van der Waals surface area contributed by atoms with Gasteiger partial charge in [0.1, 0.15) is 6.04 Å². The van der Waals surface area contributed by atoms with Crippen LogP contribution in [0.2, 0.25) is 5.02 Å². The maximum absolute atomic E-state index is 15.4. The van der Waals surface area contributed by atoms with Crippen LogP contribution in [0.15, 0.2) is 76.0 Å². The Morgan fingerprint density at radius 1 is 1.09 bits per heavy atom. The zero-order chi connectivity index (χ0) is 30.1. The van der Waals surface area contributed by atoms with Gasteiger partial charge in [-0.15, -0.1) is 0 Å². The number of aromatic nitrogens is 2. The van der Waals surface area contributed by atoms with Gasteiger partial charge in [0, 0.05) is 24.1 Å². The lowest BCUT2D eigenvalue weighted by molar-refractivity contribution is -0.141. The van der Waals surface area contributed by atoms with Gasteiger partial charge in [0.05, 0.1) is 22.8 Å². The lowest BCUT2D eigenvalue weighted by Crippen LogP contribution is -2.57. The molecule has 1 spiro atoms. The van der Waals surface area contributed by atoms with Crippen LogP contribution in [0.5, 0.6) is 0 Å². The normalized spacial score (nSPS) is 18.4. The molecule has 3 aromatic carbocycles. The van der Waals surface area contributed by atoms with Crippen LogP contribution in [0.4, 0.5) is 14.9 Å². The first-order chi connectivity index (χ1) is 20.7. The van der Waals surface area contributed by atoms with Gasteiger partial charge < -0.3 is 19.5 Å². The summed E-state index contributed by atoms with van der Waals surface area (Å²) in [5, 5.41) is 7.63. The second kappa shape index (κ2) is 11.4. The van der Waals surface area contributed by atoms with E-state index in [9.17, 15) is 19.2 Å². The average Bonchev–Trinajstić information content (AvgIpc) is 3.45. The number of hydrogen-bond acceptors (Lipinski definition) is 7. The number of nitrogens with zero attached hydrogens (tertiary/aromatic N) is 2. The summed E-state index contributed by atoms with van der Waals surface area (Å²) in [4.78, 5) is 56.3. The topological polar surface area (TPSA) is 147 Å².